The van der Waals surface area contributed by atoms with E-state index in [1.807, 2.05) is 19.1 Å². The minimum absolute atomic E-state index is 0.0520. The predicted molar refractivity (Wildman–Crippen MR) is 137 cm³/mol. The maximum atomic E-state index is 11.3. The fourth-order valence-electron chi connectivity index (χ4n) is 5.87. The zero-order valence-corrected chi connectivity index (χ0v) is 21.8. The molecule has 0 saturated heterocycles. The molecule has 0 radical (unpaired) electrons. The Morgan fingerprint density at radius 3 is 2.39 bits per heavy atom. The number of hydrogen-bond donors (Lipinski definition) is 2. The molecule has 3 rings (SSSR count). The number of rotatable bonds is 10. The molecule has 0 spiro atoms. The molecule has 2 atom stereocenters. The van der Waals surface area contributed by atoms with Crippen molar-refractivity contribution >= 4 is 21.9 Å². The van der Waals surface area contributed by atoms with Gasteiger partial charge < -0.3 is 14.9 Å². The number of carbonyl (C=O) groups excluding carboxylic acids is 1. The standard InChI is InChI=1S/C28H39BrO4/c1-19(2)23-10-9-21(18-33-20(3)30)15-24(23)27-25(31)16-22(17-26(27)32)28(12-6-7-13-28)11-5-4-8-14-29/h15-17,23-24,31-32H,1,4-14,18H2,2-3H3/t23?,24-/m0/s1. The van der Waals surface area contributed by atoms with Gasteiger partial charge in [-0.2, -0.15) is 0 Å². The van der Waals surface area contributed by atoms with Crippen LogP contribution in [0.3, 0.4) is 0 Å². The maximum Gasteiger partial charge on any atom is 0.302 e. The van der Waals surface area contributed by atoms with Crippen LogP contribution in [0.2, 0.25) is 0 Å². The number of unbranched alkanes of at least 4 members (excludes halogenated alkanes) is 2. The van der Waals surface area contributed by atoms with Gasteiger partial charge in [0.05, 0.1) is 0 Å². The van der Waals surface area contributed by atoms with Crippen molar-refractivity contribution in [1.29, 1.82) is 0 Å². The van der Waals surface area contributed by atoms with Crippen LogP contribution in [0.1, 0.15) is 95.1 Å². The van der Waals surface area contributed by atoms with Gasteiger partial charge in [0, 0.05) is 23.7 Å². The lowest BCUT2D eigenvalue weighted by Crippen LogP contribution is -2.23. The summed E-state index contributed by atoms with van der Waals surface area (Å²) in [5.74, 6) is -0.0359. The van der Waals surface area contributed by atoms with Crippen LogP contribution in [-0.4, -0.2) is 28.1 Å². The van der Waals surface area contributed by atoms with Gasteiger partial charge in [-0.05, 0) is 80.1 Å². The van der Waals surface area contributed by atoms with Crippen LogP contribution in [-0.2, 0) is 14.9 Å². The van der Waals surface area contributed by atoms with E-state index in [9.17, 15) is 15.0 Å². The Morgan fingerprint density at radius 2 is 1.82 bits per heavy atom. The molecule has 1 fully saturated rings. The van der Waals surface area contributed by atoms with Gasteiger partial charge in [0.2, 0.25) is 0 Å². The molecule has 182 valence electrons. The second-order valence-electron chi connectivity index (χ2n) is 10.0. The Morgan fingerprint density at radius 1 is 1.15 bits per heavy atom. The summed E-state index contributed by atoms with van der Waals surface area (Å²) in [6.07, 6.45) is 13.0. The summed E-state index contributed by atoms with van der Waals surface area (Å²) < 4.78 is 5.22. The molecule has 1 unspecified atom stereocenters. The molecular formula is C28H39BrO4. The van der Waals surface area contributed by atoms with Gasteiger partial charge >= 0.3 is 5.97 Å². The highest BCUT2D eigenvalue weighted by molar-refractivity contribution is 9.09. The fourth-order valence-corrected chi connectivity index (χ4v) is 6.26. The van der Waals surface area contributed by atoms with E-state index in [0.29, 0.717) is 5.56 Å². The first-order valence-corrected chi connectivity index (χ1v) is 13.5. The number of carbonyl (C=O) groups is 1. The quantitative estimate of drug-likeness (QED) is 0.146. The number of esters is 1. The second-order valence-corrected chi connectivity index (χ2v) is 10.8. The highest BCUT2D eigenvalue weighted by Gasteiger charge is 2.37. The lowest BCUT2D eigenvalue weighted by molar-refractivity contribution is -0.140. The zero-order valence-electron chi connectivity index (χ0n) is 20.2. The van der Waals surface area contributed by atoms with Gasteiger partial charge in [-0.3, -0.25) is 4.79 Å². The van der Waals surface area contributed by atoms with Gasteiger partial charge in [-0.1, -0.05) is 59.8 Å². The minimum Gasteiger partial charge on any atom is -0.507 e. The van der Waals surface area contributed by atoms with Gasteiger partial charge in [-0.25, -0.2) is 0 Å². The van der Waals surface area contributed by atoms with Crippen molar-refractivity contribution in [3.63, 3.8) is 0 Å². The lowest BCUT2D eigenvalue weighted by Gasteiger charge is -2.34. The molecule has 0 amide bonds. The Bertz CT molecular complexity index is 859. The van der Waals surface area contributed by atoms with E-state index < -0.39 is 0 Å². The smallest absolute Gasteiger partial charge is 0.302 e. The molecule has 1 aromatic rings. The van der Waals surface area contributed by atoms with E-state index in [1.54, 1.807) is 0 Å². The molecule has 2 aliphatic rings. The second kappa shape index (κ2) is 11.6. The van der Waals surface area contributed by atoms with Crippen LogP contribution < -0.4 is 0 Å². The van der Waals surface area contributed by atoms with Crippen LogP contribution in [0.5, 0.6) is 11.5 Å². The number of alkyl halides is 1. The lowest BCUT2D eigenvalue weighted by atomic mass is 9.71. The first-order valence-electron chi connectivity index (χ1n) is 12.4. The average molecular weight is 520 g/mol. The third kappa shape index (κ3) is 6.23. The Hall–Kier alpha value is -1.75. The molecule has 4 nitrogen and oxygen atoms in total. The van der Waals surface area contributed by atoms with Crippen molar-refractivity contribution in [2.24, 2.45) is 5.92 Å². The zero-order chi connectivity index (χ0) is 24.0. The number of ether oxygens (including phenoxy) is 1. The van der Waals surface area contributed by atoms with Crippen LogP contribution in [0, 0.1) is 5.92 Å². The van der Waals surface area contributed by atoms with Crippen molar-refractivity contribution in [2.75, 3.05) is 11.9 Å². The first kappa shape index (κ1) is 25.9. The Balaban J connectivity index is 1.93. The fraction of sp³-hybridized carbons (Fsp3) is 0.607. The van der Waals surface area contributed by atoms with Gasteiger partial charge in [-0.15, -0.1) is 0 Å². The van der Waals surface area contributed by atoms with Crippen LogP contribution in [0.25, 0.3) is 0 Å². The van der Waals surface area contributed by atoms with Crippen LogP contribution >= 0.6 is 15.9 Å². The molecule has 2 aliphatic carbocycles. The minimum atomic E-state index is -0.303. The summed E-state index contributed by atoms with van der Waals surface area (Å²) in [4.78, 5) is 11.3. The Labute approximate surface area is 207 Å². The molecule has 0 bridgehead atoms. The maximum absolute atomic E-state index is 11.3. The Kier molecular flexibility index (Phi) is 9.09. The summed E-state index contributed by atoms with van der Waals surface area (Å²) in [5, 5.41) is 23.4. The van der Waals surface area contributed by atoms with Crippen LogP contribution in [0.15, 0.2) is 35.9 Å². The summed E-state index contributed by atoms with van der Waals surface area (Å²) >= 11 is 3.52. The molecule has 2 N–H and O–H groups in total. The van der Waals surface area contributed by atoms with Crippen LogP contribution in [0.4, 0.5) is 0 Å². The normalized spacial score (nSPS) is 22.1. The molecule has 0 aromatic heterocycles. The van der Waals surface area contributed by atoms with E-state index in [0.717, 1.165) is 60.6 Å². The van der Waals surface area contributed by atoms with Gasteiger partial charge in [0.25, 0.3) is 0 Å². The summed E-state index contributed by atoms with van der Waals surface area (Å²) in [6.45, 7) is 7.84. The third-order valence-corrected chi connectivity index (χ3v) is 8.21. The van der Waals surface area contributed by atoms with Crippen molar-refractivity contribution in [1.82, 2.24) is 0 Å². The molecule has 33 heavy (non-hydrogen) atoms. The number of halogens is 1. The third-order valence-electron chi connectivity index (χ3n) is 7.65. The molecular weight excluding hydrogens is 480 g/mol. The van der Waals surface area contributed by atoms with E-state index in [1.165, 1.54) is 32.6 Å². The topological polar surface area (TPSA) is 66.8 Å². The SMILES string of the molecule is C=C(C)C1CCC(COC(C)=O)=C[C@@H]1c1c(O)cc(C2(CCCCCBr)CCCC2)cc1O. The van der Waals surface area contributed by atoms with Gasteiger partial charge in [0.1, 0.15) is 18.1 Å². The first-order chi connectivity index (χ1) is 15.8. The monoisotopic (exact) mass is 518 g/mol. The average Bonchev–Trinajstić information content (AvgIpc) is 3.25. The number of allylic oxidation sites excluding steroid dienone is 2. The number of hydrogen-bond acceptors (Lipinski definition) is 4. The molecule has 5 heteroatoms. The van der Waals surface area contributed by atoms with Crippen molar-refractivity contribution < 1.29 is 19.7 Å². The van der Waals surface area contributed by atoms with E-state index in [-0.39, 0.29) is 41.3 Å². The van der Waals surface area contributed by atoms with Gasteiger partial charge in [0.15, 0.2) is 0 Å². The number of aromatic hydroxyl groups is 2. The predicted octanol–water partition coefficient (Wildman–Crippen LogP) is 7.42. The number of phenols is 2. The molecule has 0 heterocycles. The highest BCUT2D eigenvalue weighted by Crippen LogP contribution is 2.51. The molecule has 1 saturated carbocycles. The van der Waals surface area contributed by atoms with E-state index >= 15 is 0 Å². The van der Waals surface area contributed by atoms with Crippen molar-refractivity contribution in [3.05, 3.63) is 47.1 Å². The molecule has 1 aromatic carbocycles. The highest BCUT2D eigenvalue weighted by atomic mass is 79.9. The van der Waals surface area contributed by atoms with Crippen molar-refractivity contribution in [2.45, 2.75) is 89.4 Å². The van der Waals surface area contributed by atoms with Crippen molar-refractivity contribution in [3.8, 4) is 11.5 Å². The summed E-state index contributed by atoms with van der Waals surface area (Å²) in [7, 11) is 0. The molecule has 0 aliphatic heterocycles. The number of phenolic OH excluding ortho intramolecular Hbond substituents is 2. The number of benzene rings is 1. The van der Waals surface area contributed by atoms with E-state index in [4.69, 9.17) is 4.74 Å². The summed E-state index contributed by atoms with van der Waals surface area (Å²) in [5.41, 5.74) is 3.75. The van der Waals surface area contributed by atoms with E-state index in [2.05, 4.69) is 28.6 Å². The summed E-state index contributed by atoms with van der Waals surface area (Å²) in [6, 6.07) is 3.82. The largest absolute Gasteiger partial charge is 0.507 e.